The molecule has 2 bridgehead atoms. The van der Waals surface area contributed by atoms with E-state index in [4.69, 9.17) is 0 Å². The van der Waals surface area contributed by atoms with Gasteiger partial charge in [0.15, 0.2) is 0 Å². The molecule has 3 saturated heterocycles. The first-order valence-electron chi connectivity index (χ1n) is 8.88. The van der Waals surface area contributed by atoms with Gasteiger partial charge in [-0.2, -0.15) is 4.37 Å². The molecule has 3 aliphatic rings. The largest absolute Gasteiger partial charge is 0.347 e. The van der Waals surface area contributed by atoms with Crippen molar-refractivity contribution in [2.75, 3.05) is 30.1 Å². The van der Waals surface area contributed by atoms with Crippen LogP contribution in [0.25, 0.3) is 10.9 Å². The summed E-state index contributed by atoms with van der Waals surface area (Å²) in [6, 6.07) is 5.31. The van der Waals surface area contributed by atoms with Gasteiger partial charge in [0.25, 0.3) is 5.91 Å². The summed E-state index contributed by atoms with van der Waals surface area (Å²) in [6.07, 6.45) is 2.30. The zero-order chi connectivity index (χ0) is 18.3. The number of carbonyl (C=O) groups is 1. The van der Waals surface area contributed by atoms with Gasteiger partial charge in [0.1, 0.15) is 4.88 Å². The van der Waals surface area contributed by atoms with Gasteiger partial charge >= 0.3 is 0 Å². The number of anilines is 1. The summed E-state index contributed by atoms with van der Waals surface area (Å²) in [4.78, 5) is 15.7. The van der Waals surface area contributed by atoms with Gasteiger partial charge in [-0.25, -0.2) is 8.42 Å². The predicted molar refractivity (Wildman–Crippen MR) is 103 cm³/mol. The van der Waals surface area contributed by atoms with Crippen molar-refractivity contribution >= 4 is 44.1 Å². The first-order chi connectivity index (χ1) is 12.4. The van der Waals surface area contributed by atoms with Crippen LogP contribution < -0.4 is 10.0 Å². The minimum atomic E-state index is -3.33. The van der Waals surface area contributed by atoms with E-state index in [-0.39, 0.29) is 17.7 Å². The second-order valence-corrected chi connectivity index (χ2v) is 9.75. The van der Waals surface area contributed by atoms with Crippen LogP contribution in [0, 0.1) is 5.92 Å². The van der Waals surface area contributed by atoms with Gasteiger partial charge in [0, 0.05) is 18.0 Å². The summed E-state index contributed by atoms with van der Waals surface area (Å²) in [5.74, 6) is 0.492. The minimum absolute atomic E-state index is 0.00926. The highest BCUT2D eigenvalue weighted by Crippen LogP contribution is 2.29. The van der Waals surface area contributed by atoms with Crippen LogP contribution in [0.5, 0.6) is 0 Å². The maximum Gasteiger partial charge on any atom is 0.263 e. The highest BCUT2D eigenvalue weighted by molar-refractivity contribution is 7.92. The van der Waals surface area contributed by atoms with Crippen molar-refractivity contribution in [2.24, 2.45) is 5.92 Å². The molecule has 2 N–H and O–H groups in total. The summed E-state index contributed by atoms with van der Waals surface area (Å²) in [6.45, 7) is 4.78. The number of fused-ring (bicyclic) bond motifs is 4. The number of benzene rings is 1. The van der Waals surface area contributed by atoms with Crippen molar-refractivity contribution in [3.63, 3.8) is 0 Å². The zero-order valence-electron chi connectivity index (χ0n) is 14.6. The van der Waals surface area contributed by atoms with Crippen LogP contribution in [0.3, 0.4) is 0 Å². The van der Waals surface area contributed by atoms with Crippen molar-refractivity contribution in [2.45, 2.75) is 25.8 Å². The fourth-order valence-corrected chi connectivity index (χ4v) is 5.17. The highest BCUT2D eigenvalue weighted by Gasteiger charge is 2.35. The molecule has 5 rings (SSSR count). The van der Waals surface area contributed by atoms with Crippen molar-refractivity contribution < 1.29 is 13.2 Å². The summed E-state index contributed by atoms with van der Waals surface area (Å²) in [5.41, 5.74) is 1.10. The highest BCUT2D eigenvalue weighted by atomic mass is 32.2. The maximum atomic E-state index is 12.8. The predicted octanol–water partition coefficient (Wildman–Crippen LogP) is 1.88. The fraction of sp³-hybridized carbons (Fsp3) is 0.529. The molecule has 3 fully saturated rings. The second kappa shape index (κ2) is 6.79. The SMILES string of the molecule is CCS(=O)(=O)Nc1ccc2c(C(=O)N[C@@H]3CN4CCC3CC4)snc2c1. The Bertz CT molecular complexity index is 933. The lowest BCUT2D eigenvalue weighted by molar-refractivity contribution is 0.0623. The van der Waals surface area contributed by atoms with Gasteiger partial charge in [0.2, 0.25) is 10.0 Å². The van der Waals surface area contributed by atoms with Crippen molar-refractivity contribution in [1.29, 1.82) is 0 Å². The molecule has 3 aliphatic heterocycles. The van der Waals surface area contributed by atoms with E-state index in [0.717, 1.165) is 49.4 Å². The van der Waals surface area contributed by atoms with E-state index in [2.05, 4.69) is 19.3 Å². The lowest BCUT2D eigenvalue weighted by Gasteiger charge is -2.44. The van der Waals surface area contributed by atoms with Gasteiger partial charge in [-0.3, -0.25) is 9.52 Å². The lowest BCUT2D eigenvalue weighted by Crippen LogP contribution is -2.57. The summed E-state index contributed by atoms with van der Waals surface area (Å²) < 4.78 is 30.3. The Labute approximate surface area is 157 Å². The Morgan fingerprint density at radius 2 is 2.12 bits per heavy atom. The number of amides is 1. The van der Waals surface area contributed by atoms with E-state index in [0.29, 0.717) is 22.0 Å². The third-order valence-electron chi connectivity index (χ3n) is 5.31. The molecule has 9 heteroatoms. The van der Waals surface area contributed by atoms with E-state index >= 15 is 0 Å². The standard InChI is InChI=1S/C17H22N4O3S2/c1-2-26(23,24)20-12-3-4-13-14(9-12)19-25-16(13)17(22)18-15-10-21-7-5-11(15)6-8-21/h3-4,9,11,15,20H,2,5-8,10H2,1H3,(H,18,22)/t15-/m1/s1. The smallest absolute Gasteiger partial charge is 0.263 e. The van der Waals surface area contributed by atoms with Crippen LogP contribution in [-0.2, 0) is 10.0 Å². The molecule has 1 atom stereocenters. The molecule has 4 heterocycles. The van der Waals surface area contributed by atoms with Gasteiger partial charge < -0.3 is 10.2 Å². The molecule has 0 radical (unpaired) electrons. The number of nitrogens with zero attached hydrogens (tertiary/aromatic N) is 2. The molecule has 0 saturated carbocycles. The number of carbonyl (C=O) groups excluding carboxylic acids is 1. The Kier molecular flexibility index (Phi) is 4.62. The van der Waals surface area contributed by atoms with Crippen LogP contribution >= 0.6 is 11.5 Å². The molecule has 26 heavy (non-hydrogen) atoms. The molecule has 0 aliphatic carbocycles. The molecule has 1 aromatic heterocycles. The van der Waals surface area contributed by atoms with E-state index in [1.54, 1.807) is 25.1 Å². The van der Waals surface area contributed by atoms with Crippen molar-refractivity contribution in [1.82, 2.24) is 14.6 Å². The third kappa shape index (κ3) is 3.43. The van der Waals surface area contributed by atoms with Crippen LogP contribution in [0.1, 0.15) is 29.4 Å². The number of piperidine rings is 3. The Morgan fingerprint density at radius 1 is 1.35 bits per heavy atom. The normalized spacial score (nSPS) is 25.3. The average Bonchev–Trinajstić information content (AvgIpc) is 3.06. The summed E-state index contributed by atoms with van der Waals surface area (Å²) >= 11 is 1.16. The van der Waals surface area contributed by atoms with E-state index in [9.17, 15) is 13.2 Å². The van der Waals surface area contributed by atoms with E-state index in [1.165, 1.54) is 0 Å². The van der Waals surface area contributed by atoms with Crippen molar-refractivity contribution in [3.05, 3.63) is 23.1 Å². The lowest BCUT2D eigenvalue weighted by atomic mass is 9.84. The number of rotatable bonds is 5. The Morgan fingerprint density at radius 3 is 2.77 bits per heavy atom. The van der Waals surface area contributed by atoms with Crippen LogP contribution in [0.15, 0.2) is 18.2 Å². The first-order valence-corrected chi connectivity index (χ1v) is 11.3. The van der Waals surface area contributed by atoms with Gasteiger partial charge in [-0.1, -0.05) is 0 Å². The molecule has 2 aromatic rings. The summed E-state index contributed by atoms with van der Waals surface area (Å²) in [5, 5.41) is 3.94. The number of hydrogen-bond donors (Lipinski definition) is 2. The van der Waals surface area contributed by atoms with Crippen LogP contribution in [-0.4, -0.2) is 55.0 Å². The number of hydrogen-bond acceptors (Lipinski definition) is 6. The third-order valence-corrected chi connectivity index (χ3v) is 7.49. The zero-order valence-corrected chi connectivity index (χ0v) is 16.2. The monoisotopic (exact) mass is 394 g/mol. The van der Waals surface area contributed by atoms with Gasteiger partial charge in [-0.05, 0) is 68.5 Å². The average molecular weight is 395 g/mol. The van der Waals surface area contributed by atoms with Crippen LogP contribution in [0.4, 0.5) is 5.69 Å². The fourth-order valence-electron chi connectivity index (χ4n) is 3.78. The molecular formula is C17H22N4O3S2. The number of aromatic nitrogens is 1. The Balaban J connectivity index is 1.52. The molecular weight excluding hydrogens is 372 g/mol. The summed E-state index contributed by atoms with van der Waals surface area (Å²) in [7, 11) is -3.33. The number of nitrogens with one attached hydrogen (secondary N) is 2. The number of sulfonamides is 1. The minimum Gasteiger partial charge on any atom is -0.347 e. The molecule has 0 spiro atoms. The van der Waals surface area contributed by atoms with Gasteiger partial charge in [0.05, 0.1) is 17.0 Å². The van der Waals surface area contributed by atoms with E-state index in [1.807, 2.05) is 0 Å². The molecule has 7 nitrogen and oxygen atoms in total. The molecule has 0 unspecified atom stereocenters. The first kappa shape index (κ1) is 17.7. The molecule has 140 valence electrons. The van der Waals surface area contributed by atoms with Crippen LogP contribution in [0.2, 0.25) is 0 Å². The Hall–Kier alpha value is -1.71. The van der Waals surface area contributed by atoms with E-state index < -0.39 is 10.0 Å². The topological polar surface area (TPSA) is 91.4 Å². The quantitative estimate of drug-likeness (QED) is 0.808. The second-order valence-electron chi connectivity index (χ2n) is 6.97. The maximum absolute atomic E-state index is 12.8. The molecule has 1 aromatic carbocycles. The molecule has 1 amide bonds. The van der Waals surface area contributed by atoms with Gasteiger partial charge in [-0.15, -0.1) is 0 Å². The van der Waals surface area contributed by atoms with Crippen molar-refractivity contribution in [3.8, 4) is 0 Å².